The predicted octanol–water partition coefficient (Wildman–Crippen LogP) is 8.49. The Morgan fingerprint density at radius 1 is 0.621 bits per heavy atom. The van der Waals surface area contributed by atoms with Gasteiger partial charge in [0, 0.05) is 19.3 Å². The van der Waals surface area contributed by atoms with Gasteiger partial charge >= 0.3 is 5.97 Å². The van der Waals surface area contributed by atoms with Crippen LogP contribution in [-0.4, -0.2) is 16.9 Å². The number of unbranched alkanes of at least 4 members (excludes halogenated alkanes) is 16. The molecule has 3 heteroatoms. The number of carboxylic acids is 1. The minimum absolute atomic E-state index is 0.104. The van der Waals surface area contributed by atoms with Crippen molar-refractivity contribution in [2.24, 2.45) is 5.92 Å². The Morgan fingerprint density at radius 2 is 1.00 bits per heavy atom. The molecule has 0 aliphatic heterocycles. The van der Waals surface area contributed by atoms with Crippen LogP contribution in [0.1, 0.15) is 149 Å². The SMILES string of the molecule is CCCCCCCCCCCCCCCCCCCC(=O)CC[C@@H](C)CC(=O)O. The van der Waals surface area contributed by atoms with E-state index in [1.54, 1.807) is 0 Å². The molecule has 0 rings (SSSR count). The Labute approximate surface area is 181 Å². The van der Waals surface area contributed by atoms with Gasteiger partial charge in [-0.25, -0.2) is 0 Å². The number of aliphatic carboxylic acids is 1. The van der Waals surface area contributed by atoms with Gasteiger partial charge in [0.05, 0.1) is 0 Å². The lowest BCUT2D eigenvalue weighted by molar-refractivity contribution is -0.138. The van der Waals surface area contributed by atoms with Crippen LogP contribution in [0.15, 0.2) is 0 Å². The van der Waals surface area contributed by atoms with E-state index in [2.05, 4.69) is 6.92 Å². The normalized spacial score (nSPS) is 12.2. The van der Waals surface area contributed by atoms with E-state index in [-0.39, 0.29) is 12.3 Å². The number of carboxylic acid groups (broad SMARTS) is 1. The van der Waals surface area contributed by atoms with Gasteiger partial charge in [0.1, 0.15) is 5.78 Å². The first-order valence-corrected chi connectivity index (χ1v) is 12.8. The van der Waals surface area contributed by atoms with Gasteiger partial charge in [-0.15, -0.1) is 0 Å². The quantitative estimate of drug-likeness (QED) is 0.172. The molecule has 1 N–H and O–H groups in total. The molecule has 0 spiro atoms. The zero-order valence-corrected chi connectivity index (χ0v) is 19.7. The van der Waals surface area contributed by atoms with Crippen LogP contribution in [0.2, 0.25) is 0 Å². The largest absolute Gasteiger partial charge is 0.481 e. The minimum Gasteiger partial charge on any atom is -0.481 e. The second kappa shape index (κ2) is 21.8. The molecule has 0 aliphatic rings. The number of Topliss-reactive ketones (excluding diaryl/α,β-unsaturated/α-hetero) is 1. The van der Waals surface area contributed by atoms with Crippen molar-refractivity contribution in [1.82, 2.24) is 0 Å². The Balaban J connectivity index is 3.20. The van der Waals surface area contributed by atoms with Crippen molar-refractivity contribution in [2.45, 2.75) is 149 Å². The van der Waals surface area contributed by atoms with E-state index in [1.165, 1.54) is 96.3 Å². The highest BCUT2D eigenvalue weighted by atomic mass is 16.4. The third-order valence-electron chi connectivity index (χ3n) is 6.00. The van der Waals surface area contributed by atoms with Gasteiger partial charge in [-0.1, -0.05) is 117 Å². The summed E-state index contributed by atoms with van der Waals surface area (Å²) in [5, 5.41) is 8.73. The molecule has 0 bridgehead atoms. The maximum atomic E-state index is 11.8. The molecular formula is C26H50O3. The smallest absolute Gasteiger partial charge is 0.303 e. The minimum atomic E-state index is -0.766. The van der Waals surface area contributed by atoms with Gasteiger partial charge in [-0.2, -0.15) is 0 Å². The van der Waals surface area contributed by atoms with Crippen molar-refractivity contribution in [2.75, 3.05) is 0 Å². The average Bonchev–Trinajstić information content (AvgIpc) is 2.68. The fraction of sp³-hybridized carbons (Fsp3) is 0.923. The van der Waals surface area contributed by atoms with Crippen LogP contribution in [0.25, 0.3) is 0 Å². The second-order valence-electron chi connectivity index (χ2n) is 9.19. The van der Waals surface area contributed by atoms with E-state index >= 15 is 0 Å². The molecule has 1 atom stereocenters. The number of hydrogen-bond acceptors (Lipinski definition) is 2. The molecule has 0 unspecified atom stereocenters. The number of carbonyl (C=O) groups is 2. The van der Waals surface area contributed by atoms with Crippen LogP contribution in [-0.2, 0) is 9.59 Å². The fourth-order valence-corrected chi connectivity index (χ4v) is 3.98. The molecule has 0 saturated heterocycles. The first-order valence-electron chi connectivity index (χ1n) is 12.8. The first-order chi connectivity index (χ1) is 14.1. The number of ketones is 1. The highest BCUT2D eigenvalue weighted by Crippen LogP contribution is 2.15. The molecule has 172 valence electrons. The summed E-state index contributed by atoms with van der Waals surface area (Å²) in [6.45, 7) is 4.19. The summed E-state index contributed by atoms with van der Waals surface area (Å²) < 4.78 is 0. The first kappa shape index (κ1) is 28.1. The zero-order valence-electron chi connectivity index (χ0n) is 19.7. The predicted molar refractivity (Wildman–Crippen MR) is 124 cm³/mol. The summed E-state index contributed by atoms with van der Waals surface area (Å²) in [5.41, 5.74) is 0. The highest BCUT2D eigenvalue weighted by Gasteiger charge is 2.10. The van der Waals surface area contributed by atoms with Gasteiger partial charge in [0.15, 0.2) is 0 Å². The number of hydrogen-bond donors (Lipinski definition) is 1. The second-order valence-corrected chi connectivity index (χ2v) is 9.19. The van der Waals surface area contributed by atoms with Gasteiger partial charge in [-0.3, -0.25) is 9.59 Å². The molecule has 29 heavy (non-hydrogen) atoms. The Kier molecular flexibility index (Phi) is 21.2. The number of carbonyl (C=O) groups excluding carboxylic acids is 1. The molecule has 0 heterocycles. The molecule has 0 aliphatic carbocycles. The third kappa shape index (κ3) is 23.3. The van der Waals surface area contributed by atoms with Gasteiger partial charge < -0.3 is 5.11 Å². The van der Waals surface area contributed by atoms with Crippen LogP contribution in [0.4, 0.5) is 0 Å². The Bertz CT molecular complexity index is 378. The summed E-state index contributed by atoms with van der Waals surface area (Å²) in [5.74, 6) is -0.353. The Morgan fingerprint density at radius 3 is 1.38 bits per heavy atom. The van der Waals surface area contributed by atoms with Crippen molar-refractivity contribution in [3.8, 4) is 0 Å². The van der Waals surface area contributed by atoms with E-state index < -0.39 is 5.97 Å². The molecule has 0 saturated carbocycles. The van der Waals surface area contributed by atoms with Crippen LogP contribution >= 0.6 is 0 Å². The molecule has 0 fully saturated rings. The van der Waals surface area contributed by atoms with E-state index in [4.69, 9.17) is 5.11 Å². The van der Waals surface area contributed by atoms with E-state index in [0.29, 0.717) is 25.0 Å². The van der Waals surface area contributed by atoms with Crippen LogP contribution in [0, 0.1) is 5.92 Å². The van der Waals surface area contributed by atoms with Crippen molar-refractivity contribution in [1.29, 1.82) is 0 Å². The molecule has 0 aromatic rings. The van der Waals surface area contributed by atoms with Crippen molar-refractivity contribution in [3.63, 3.8) is 0 Å². The highest BCUT2D eigenvalue weighted by molar-refractivity contribution is 5.78. The zero-order chi connectivity index (χ0) is 21.6. The van der Waals surface area contributed by atoms with Crippen molar-refractivity contribution >= 4 is 11.8 Å². The maximum absolute atomic E-state index is 11.8. The number of rotatable bonds is 23. The third-order valence-corrected chi connectivity index (χ3v) is 6.00. The topological polar surface area (TPSA) is 54.4 Å². The lowest BCUT2D eigenvalue weighted by Gasteiger charge is -2.07. The van der Waals surface area contributed by atoms with Crippen LogP contribution in [0.5, 0.6) is 0 Å². The van der Waals surface area contributed by atoms with Gasteiger partial charge in [0.25, 0.3) is 0 Å². The lowest BCUT2D eigenvalue weighted by atomic mass is 9.98. The van der Waals surface area contributed by atoms with Gasteiger partial charge in [0.2, 0.25) is 0 Å². The molecule has 0 radical (unpaired) electrons. The summed E-state index contributed by atoms with van der Waals surface area (Å²) in [4.78, 5) is 22.5. The van der Waals surface area contributed by atoms with Crippen LogP contribution < -0.4 is 0 Å². The molecule has 0 amide bonds. The molecule has 0 aromatic heterocycles. The van der Waals surface area contributed by atoms with Crippen LogP contribution in [0.3, 0.4) is 0 Å². The standard InChI is InChI=1S/C26H50O3/c1-3-4-5-6-7-8-9-10-11-12-13-14-15-16-17-18-19-20-25(27)22-21-24(2)23-26(28)29/h24H,3-23H2,1-2H3,(H,28,29)/t24-/m1/s1. The average molecular weight is 411 g/mol. The summed E-state index contributed by atoms with van der Waals surface area (Å²) in [6, 6.07) is 0. The molecule has 3 nitrogen and oxygen atoms in total. The molecule has 0 aromatic carbocycles. The van der Waals surface area contributed by atoms with Crippen molar-refractivity contribution in [3.05, 3.63) is 0 Å². The summed E-state index contributed by atoms with van der Waals surface area (Å²) in [6.07, 6.45) is 25.1. The maximum Gasteiger partial charge on any atom is 0.303 e. The monoisotopic (exact) mass is 410 g/mol. The van der Waals surface area contributed by atoms with Crippen molar-refractivity contribution < 1.29 is 14.7 Å². The Hall–Kier alpha value is -0.860. The lowest BCUT2D eigenvalue weighted by Crippen LogP contribution is -2.07. The molecular weight excluding hydrogens is 360 g/mol. The van der Waals surface area contributed by atoms with Gasteiger partial charge in [-0.05, 0) is 18.8 Å². The van der Waals surface area contributed by atoms with E-state index in [0.717, 1.165) is 12.8 Å². The van der Waals surface area contributed by atoms with E-state index in [9.17, 15) is 9.59 Å². The van der Waals surface area contributed by atoms with E-state index in [1.807, 2.05) is 6.92 Å². The fourth-order valence-electron chi connectivity index (χ4n) is 3.98. The summed E-state index contributed by atoms with van der Waals surface area (Å²) in [7, 11) is 0. The summed E-state index contributed by atoms with van der Waals surface area (Å²) >= 11 is 0.